The minimum absolute atomic E-state index is 0.0536. The summed E-state index contributed by atoms with van der Waals surface area (Å²) >= 11 is 0. The van der Waals surface area contributed by atoms with E-state index in [0.29, 0.717) is 25.0 Å². The van der Waals surface area contributed by atoms with Gasteiger partial charge in [-0.1, -0.05) is 30.3 Å². The van der Waals surface area contributed by atoms with E-state index in [0.717, 1.165) is 43.1 Å². The lowest BCUT2D eigenvalue weighted by molar-refractivity contribution is -0.0810. The Balaban J connectivity index is 1.82. The Morgan fingerprint density at radius 3 is 2.56 bits per heavy atom. The molecule has 132 valence electrons. The molecule has 0 spiro atoms. The molecule has 2 aromatic rings. The van der Waals surface area contributed by atoms with E-state index in [1.54, 1.807) is 0 Å². The Kier molecular flexibility index (Phi) is 4.67. The fourth-order valence-corrected chi connectivity index (χ4v) is 3.03. The summed E-state index contributed by atoms with van der Waals surface area (Å²) < 4.78 is 11.4. The van der Waals surface area contributed by atoms with Gasteiger partial charge in [-0.25, -0.2) is 0 Å². The van der Waals surface area contributed by atoms with Crippen molar-refractivity contribution in [1.29, 1.82) is 0 Å². The largest absolute Gasteiger partial charge is 0.469 e. The first-order chi connectivity index (χ1) is 12.3. The molecule has 25 heavy (non-hydrogen) atoms. The first kappa shape index (κ1) is 16.1. The van der Waals surface area contributed by atoms with Gasteiger partial charge < -0.3 is 25.0 Å². The van der Waals surface area contributed by atoms with Crippen LogP contribution in [0, 0.1) is 0 Å². The topological polar surface area (TPSA) is 71.5 Å². The number of hydrogen-bond donors (Lipinski definition) is 2. The van der Waals surface area contributed by atoms with Crippen LogP contribution in [0.25, 0.3) is 11.1 Å². The Morgan fingerprint density at radius 2 is 1.92 bits per heavy atom. The first-order valence-electron chi connectivity index (χ1n) is 8.70. The van der Waals surface area contributed by atoms with Crippen LogP contribution in [-0.4, -0.2) is 62.5 Å². The van der Waals surface area contributed by atoms with Gasteiger partial charge in [0.05, 0.1) is 18.8 Å². The van der Waals surface area contributed by atoms with Crippen molar-refractivity contribution in [2.75, 3.05) is 56.7 Å². The number of nitrogens with zero attached hydrogens (tertiary/aromatic N) is 3. The van der Waals surface area contributed by atoms with Crippen molar-refractivity contribution in [2.45, 2.75) is 6.10 Å². The number of aromatic nitrogens is 2. The van der Waals surface area contributed by atoms with Crippen molar-refractivity contribution >= 4 is 11.8 Å². The van der Waals surface area contributed by atoms with Gasteiger partial charge in [0.25, 0.3) is 0 Å². The normalized spacial score (nSPS) is 17.9. The molecule has 0 aliphatic carbocycles. The van der Waals surface area contributed by atoms with Crippen LogP contribution < -0.4 is 20.3 Å². The Morgan fingerprint density at radius 1 is 1.16 bits per heavy atom. The van der Waals surface area contributed by atoms with Gasteiger partial charge in [-0.3, -0.25) is 0 Å². The van der Waals surface area contributed by atoms with E-state index in [1.165, 1.54) is 0 Å². The van der Waals surface area contributed by atoms with Crippen molar-refractivity contribution in [2.24, 2.45) is 0 Å². The summed E-state index contributed by atoms with van der Waals surface area (Å²) in [5.74, 6) is 2.11. The molecule has 0 amide bonds. The van der Waals surface area contributed by atoms with E-state index in [-0.39, 0.29) is 6.10 Å². The molecule has 0 radical (unpaired) electrons. The highest BCUT2D eigenvalue weighted by molar-refractivity contribution is 5.81. The van der Waals surface area contributed by atoms with E-state index in [4.69, 9.17) is 14.5 Å². The molecule has 4 rings (SSSR count). The van der Waals surface area contributed by atoms with Gasteiger partial charge in [-0.05, 0) is 5.56 Å². The maximum absolute atomic E-state index is 6.15. The zero-order valence-corrected chi connectivity index (χ0v) is 14.4. The maximum atomic E-state index is 6.15. The van der Waals surface area contributed by atoms with E-state index in [1.807, 2.05) is 25.2 Å². The summed E-state index contributed by atoms with van der Waals surface area (Å²) in [4.78, 5) is 11.7. The highest BCUT2D eigenvalue weighted by Gasteiger charge is 2.27. The molecule has 7 nitrogen and oxygen atoms in total. The van der Waals surface area contributed by atoms with Crippen molar-refractivity contribution < 1.29 is 9.47 Å². The van der Waals surface area contributed by atoms with Crippen LogP contribution >= 0.6 is 0 Å². The average molecular weight is 341 g/mol. The van der Waals surface area contributed by atoms with Crippen molar-refractivity contribution in [3.63, 3.8) is 0 Å². The van der Waals surface area contributed by atoms with Crippen LogP contribution in [0.15, 0.2) is 30.3 Å². The van der Waals surface area contributed by atoms with Gasteiger partial charge >= 0.3 is 0 Å². The lowest BCUT2D eigenvalue weighted by Gasteiger charge is -2.32. The minimum Gasteiger partial charge on any atom is -0.469 e. The predicted octanol–water partition coefficient (Wildman–Crippen LogP) is 1.37. The molecule has 1 aromatic carbocycles. The summed E-state index contributed by atoms with van der Waals surface area (Å²) in [5.41, 5.74) is 2.02. The Hall–Kier alpha value is -2.38. The minimum atomic E-state index is 0.0536. The zero-order chi connectivity index (χ0) is 17.1. The van der Waals surface area contributed by atoms with Gasteiger partial charge in [0.1, 0.15) is 11.9 Å². The second-order valence-corrected chi connectivity index (χ2v) is 6.18. The Labute approximate surface area is 147 Å². The SMILES string of the molecule is CNc1nc(OC2COC2)c(-c2ccccc2)c(N2CCNCC2)n1. The number of ether oxygens (including phenoxy) is 2. The van der Waals surface area contributed by atoms with E-state index in [2.05, 4.69) is 32.7 Å². The third-order valence-electron chi connectivity index (χ3n) is 4.45. The van der Waals surface area contributed by atoms with Crippen molar-refractivity contribution in [3.8, 4) is 17.0 Å². The van der Waals surface area contributed by atoms with Crippen LogP contribution in [0.4, 0.5) is 11.8 Å². The highest BCUT2D eigenvalue weighted by Crippen LogP contribution is 2.38. The molecular formula is C18H23N5O2. The number of nitrogens with one attached hydrogen (secondary N) is 2. The van der Waals surface area contributed by atoms with Crippen LogP contribution in [0.5, 0.6) is 5.88 Å². The summed E-state index contributed by atoms with van der Waals surface area (Å²) in [6.45, 7) is 4.92. The zero-order valence-electron chi connectivity index (χ0n) is 14.4. The molecule has 0 unspecified atom stereocenters. The summed E-state index contributed by atoms with van der Waals surface area (Å²) in [6, 6.07) is 10.2. The third kappa shape index (κ3) is 3.38. The van der Waals surface area contributed by atoms with Gasteiger partial charge in [0, 0.05) is 33.2 Å². The van der Waals surface area contributed by atoms with Crippen LogP contribution in [0.3, 0.4) is 0 Å². The molecule has 0 saturated carbocycles. The smallest absolute Gasteiger partial charge is 0.228 e. The fraction of sp³-hybridized carbons (Fsp3) is 0.444. The number of anilines is 2. The fourth-order valence-electron chi connectivity index (χ4n) is 3.03. The lowest BCUT2D eigenvalue weighted by Crippen LogP contribution is -2.44. The number of hydrogen-bond acceptors (Lipinski definition) is 7. The molecule has 2 N–H and O–H groups in total. The van der Waals surface area contributed by atoms with Crippen LogP contribution in [0.2, 0.25) is 0 Å². The third-order valence-corrected chi connectivity index (χ3v) is 4.45. The maximum Gasteiger partial charge on any atom is 0.228 e. The summed E-state index contributed by atoms with van der Waals surface area (Å²) in [7, 11) is 1.83. The van der Waals surface area contributed by atoms with Gasteiger partial charge in [0.15, 0.2) is 0 Å². The van der Waals surface area contributed by atoms with Crippen LogP contribution in [0.1, 0.15) is 0 Å². The molecule has 0 bridgehead atoms. The van der Waals surface area contributed by atoms with Crippen molar-refractivity contribution in [1.82, 2.24) is 15.3 Å². The number of piperazine rings is 1. The molecular weight excluding hydrogens is 318 g/mol. The Bertz CT molecular complexity index is 715. The monoisotopic (exact) mass is 341 g/mol. The molecule has 2 aliphatic heterocycles. The molecule has 3 heterocycles. The highest BCUT2D eigenvalue weighted by atomic mass is 16.6. The standard InChI is InChI=1S/C18H23N5O2/c1-19-18-21-16(23-9-7-20-8-10-23)15(13-5-3-2-4-6-13)17(22-18)25-14-11-24-12-14/h2-6,14,20H,7-12H2,1H3,(H,19,21,22). The summed E-state index contributed by atoms with van der Waals surface area (Å²) in [6.07, 6.45) is 0.0536. The first-order valence-corrected chi connectivity index (χ1v) is 8.70. The molecule has 2 saturated heterocycles. The second-order valence-electron chi connectivity index (χ2n) is 6.18. The van der Waals surface area contributed by atoms with Crippen molar-refractivity contribution in [3.05, 3.63) is 30.3 Å². The van der Waals surface area contributed by atoms with E-state index >= 15 is 0 Å². The van der Waals surface area contributed by atoms with E-state index in [9.17, 15) is 0 Å². The lowest BCUT2D eigenvalue weighted by atomic mass is 10.1. The molecule has 2 fully saturated rings. The quantitative estimate of drug-likeness (QED) is 0.851. The molecule has 1 aromatic heterocycles. The number of benzene rings is 1. The average Bonchev–Trinajstić information content (AvgIpc) is 2.65. The van der Waals surface area contributed by atoms with E-state index < -0.39 is 0 Å². The van der Waals surface area contributed by atoms with Gasteiger partial charge in [-0.15, -0.1) is 0 Å². The van der Waals surface area contributed by atoms with Gasteiger partial charge in [-0.2, -0.15) is 9.97 Å². The number of rotatable bonds is 5. The second kappa shape index (κ2) is 7.25. The molecule has 0 atom stereocenters. The predicted molar refractivity (Wildman–Crippen MR) is 97.3 cm³/mol. The molecule has 2 aliphatic rings. The molecule has 7 heteroatoms. The summed E-state index contributed by atoms with van der Waals surface area (Å²) in [5, 5.41) is 6.45. The van der Waals surface area contributed by atoms with Gasteiger partial charge in [0.2, 0.25) is 11.8 Å². The van der Waals surface area contributed by atoms with Crippen LogP contribution in [-0.2, 0) is 4.74 Å².